The molecule has 19 heavy (non-hydrogen) atoms. The Kier molecular flexibility index (Phi) is 5.24. The van der Waals surface area contributed by atoms with E-state index in [9.17, 15) is 9.59 Å². The van der Waals surface area contributed by atoms with Gasteiger partial charge in [-0.05, 0) is 32.1 Å². The lowest BCUT2D eigenvalue weighted by atomic mass is 9.97. The summed E-state index contributed by atoms with van der Waals surface area (Å²) >= 11 is 0. The van der Waals surface area contributed by atoms with Crippen LogP contribution in [-0.2, 0) is 4.79 Å². The number of carbonyl (C=O) groups excluding carboxylic acids is 2. The topological polar surface area (TPSA) is 52.7 Å². The van der Waals surface area contributed by atoms with Gasteiger partial charge >= 0.3 is 6.03 Å². The fourth-order valence-electron chi connectivity index (χ4n) is 2.60. The molecule has 0 spiro atoms. The van der Waals surface area contributed by atoms with Crippen molar-refractivity contribution in [1.29, 1.82) is 0 Å². The zero-order chi connectivity index (χ0) is 13.5. The largest absolute Gasteiger partial charge is 0.342 e. The van der Waals surface area contributed by atoms with Crippen LogP contribution in [-0.4, -0.2) is 55.0 Å². The van der Waals surface area contributed by atoms with Crippen molar-refractivity contribution in [2.45, 2.75) is 32.1 Å². The van der Waals surface area contributed by atoms with E-state index >= 15 is 0 Å². The Labute approximate surface area is 114 Å². The van der Waals surface area contributed by atoms with Gasteiger partial charge in [-0.15, -0.1) is 0 Å². The van der Waals surface area contributed by atoms with Crippen molar-refractivity contribution in [2.75, 3.05) is 32.7 Å². The maximum Gasteiger partial charge on any atom is 0.317 e. The summed E-state index contributed by atoms with van der Waals surface area (Å²) in [5, 5.41) is 2.97. The number of nitrogens with one attached hydrogen (secondary N) is 1. The monoisotopic (exact) mass is 265 g/mol. The van der Waals surface area contributed by atoms with E-state index in [0.717, 1.165) is 19.4 Å². The van der Waals surface area contributed by atoms with Gasteiger partial charge < -0.3 is 15.1 Å². The van der Waals surface area contributed by atoms with Crippen LogP contribution in [0.15, 0.2) is 11.6 Å². The SMILES string of the molecule is O=CN1CCN(C(=O)NCCC2=CCCCC2)CC1. The molecule has 1 aliphatic carbocycles. The molecule has 2 rings (SSSR count). The van der Waals surface area contributed by atoms with Gasteiger partial charge in [0.2, 0.25) is 6.41 Å². The Balaban J connectivity index is 1.64. The second-order valence-corrected chi connectivity index (χ2v) is 5.22. The van der Waals surface area contributed by atoms with Gasteiger partial charge in [0.1, 0.15) is 0 Å². The number of carbonyl (C=O) groups is 2. The zero-order valence-corrected chi connectivity index (χ0v) is 11.4. The van der Waals surface area contributed by atoms with E-state index in [4.69, 9.17) is 0 Å². The molecule has 5 heteroatoms. The van der Waals surface area contributed by atoms with Crippen molar-refractivity contribution < 1.29 is 9.59 Å². The molecule has 1 aliphatic heterocycles. The highest BCUT2D eigenvalue weighted by Crippen LogP contribution is 2.19. The van der Waals surface area contributed by atoms with Crippen molar-refractivity contribution in [3.8, 4) is 0 Å². The minimum Gasteiger partial charge on any atom is -0.342 e. The van der Waals surface area contributed by atoms with Crippen molar-refractivity contribution in [2.24, 2.45) is 0 Å². The fraction of sp³-hybridized carbons (Fsp3) is 0.714. The molecule has 1 heterocycles. The third kappa shape index (κ3) is 4.26. The summed E-state index contributed by atoms with van der Waals surface area (Å²) in [5.41, 5.74) is 1.48. The van der Waals surface area contributed by atoms with Gasteiger partial charge in [0, 0.05) is 32.7 Å². The van der Waals surface area contributed by atoms with Gasteiger partial charge in [0.05, 0.1) is 0 Å². The fourth-order valence-corrected chi connectivity index (χ4v) is 2.60. The molecule has 0 aromatic carbocycles. The van der Waals surface area contributed by atoms with Crippen LogP contribution in [0.2, 0.25) is 0 Å². The van der Waals surface area contributed by atoms with Gasteiger partial charge in [-0.25, -0.2) is 4.79 Å². The third-order valence-electron chi connectivity index (χ3n) is 3.86. The first-order chi connectivity index (χ1) is 9.29. The Bertz CT molecular complexity index is 347. The van der Waals surface area contributed by atoms with E-state index in [1.165, 1.54) is 31.3 Å². The quantitative estimate of drug-likeness (QED) is 0.616. The van der Waals surface area contributed by atoms with Gasteiger partial charge in [0.25, 0.3) is 0 Å². The highest BCUT2D eigenvalue weighted by molar-refractivity contribution is 5.74. The minimum atomic E-state index is 0.00181. The first-order valence-corrected chi connectivity index (χ1v) is 7.19. The number of piperazine rings is 1. The molecule has 0 bridgehead atoms. The second-order valence-electron chi connectivity index (χ2n) is 5.22. The van der Waals surface area contributed by atoms with Crippen molar-refractivity contribution in [3.63, 3.8) is 0 Å². The molecule has 0 radical (unpaired) electrons. The lowest BCUT2D eigenvalue weighted by Crippen LogP contribution is -2.51. The van der Waals surface area contributed by atoms with Crippen molar-refractivity contribution in [1.82, 2.24) is 15.1 Å². The number of allylic oxidation sites excluding steroid dienone is 1. The minimum absolute atomic E-state index is 0.00181. The van der Waals surface area contributed by atoms with E-state index < -0.39 is 0 Å². The second kappa shape index (κ2) is 7.16. The molecule has 3 amide bonds. The normalized spacial score (nSPS) is 19.9. The predicted octanol–water partition coefficient (Wildman–Crippen LogP) is 1.36. The van der Waals surface area contributed by atoms with Crippen LogP contribution in [0, 0.1) is 0 Å². The van der Waals surface area contributed by atoms with Crippen LogP contribution in [0.3, 0.4) is 0 Å². The Hall–Kier alpha value is -1.52. The number of urea groups is 1. The molecule has 5 nitrogen and oxygen atoms in total. The van der Waals surface area contributed by atoms with E-state index in [2.05, 4.69) is 11.4 Å². The molecular weight excluding hydrogens is 242 g/mol. The summed E-state index contributed by atoms with van der Waals surface area (Å²) in [5.74, 6) is 0. The van der Waals surface area contributed by atoms with E-state index in [0.29, 0.717) is 26.2 Å². The van der Waals surface area contributed by atoms with Gasteiger partial charge in [-0.3, -0.25) is 4.79 Å². The summed E-state index contributed by atoms with van der Waals surface area (Å²) in [6.45, 7) is 3.27. The van der Waals surface area contributed by atoms with Crippen LogP contribution in [0.5, 0.6) is 0 Å². The smallest absolute Gasteiger partial charge is 0.317 e. The van der Waals surface area contributed by atoms with Crippen LogP contribution >= 0.6 is 0 Å². The van der Waals surface area contributed by atoms with Gasteiger partial charge in [-0.2, -0.15) is 0 Å². The molecule has 1 N–H and O–H groups in total. The maximum atomic E-state index is 11.9. The molecule has 1 fully saturated rings. The molecule has 2 aliphatic rings. The van der Waals surface area contributed by atoms with Crippen LogP contribution in [0.25, 0.3) is 0 Å². The summed E-state index contributed by atoms with van der Waals surface area (Å²) in [6, 6.07) is 0.00181. The van der Waals surface area contributed by atoms with Crippen molar-refractivity contribution in [3.05, 3.63) is 11.6 Å². The maximum absolute atomic E-state index is 11.9. The number of hydrogen-bond donors (Lipinski definition) is 1. The number of rotatable bonds is 4. The summed E-state index contributed by atoms with van der Waals surface area (Å²) in [6.07, 6.45) is 9.11. The third-order valence-corrected chi connectivity index (χ3v) is 3.86. The first kappa shape index (κ1) is 13.9. The Morgan fingerprint density at radius 3 is 2.68 bits per heavy atom. The Morgan fingerprint density at radius 1 is 1.26 bits per heavy atom. The van der Waals surface area contributed by atoms with Crippen LogP contribution in [0.4, 0.5) is 4.79 Å². The highest BCUT2D eigenvalue weighted by atomic mass is 16.2. The average molecular weight is 265 g/mol. The molecule has 1 saturated heterocycles. The first-order valence-electron chi connectivity index (χ1n) is 7.19. The highest BCUT2D eigenvalue weighted by Gasteiger charge is 2.19. The van der Waals surface area contributed by atoms with Gasteiger partial charge in [0.15, 0.2) is 0 Å². The molecule has 106 valence electrons. The number of hydrogen-bond acceptors (Lipinski definition) is 2. The lowest BCUT2D eigenvalue weighted by Gasteiger charge is -2.32. The van der Waals surface area contributed by atoms with Crippen molar-refractivity contribution >= 4 is 12.4 Å². The molecular formula is C14H23N3O2. The van der Waals surface area contributed by atoms with E-state index in [1.807, 2.05) is 0 Å². The molecule has 0 aromatic heterocycles. The molecule has 0 atom stereocenters. The molecule has 0 unspecified atom stereocenters. The number of nitrogens with zero attached hydrogens (tertiary/aromatic N) is 2. The lowest BCUT2D eigenvalue weighted by molar-refractivity contribution is -0.119. The molecule has 0 saturated carbocycles. The summed E-state index contributed by atoms with van der Waals surface area (Å²) in [7, 11) is 0. The summed E-state index contributed by atoms with van der Waals surface area (Å²) < 4.78 is 0. The predicted molar refractivity (Wildman–Crippen MR) is 73.8 cm³/mol. The van der Waals surface area contributed by atoms with E-state index in [1.54, 1.807) is 9.80 Å². The average Bonchev–Trinajstić information content (AvgIpc) is 2.48. The standard InChI is InChI=1S/C14H23N3O2/c18-12-16-8-10-17(11-9-16)14(19)15-7-6-13-4-2-1-3-5-13/h4,12H,1-3,5-11H2,(H,15,19). The Morgan fingerprint density at radius 2 is 2.05 bits per heavy atom. The summed E-state index contributed by atoms with van der Waals surface area (Å²) in [4.78, 5) is 26.0. The zero-order valence-electron chi connectivity index (χ0n) is 11.4. The van der Waals surface area contributed by atoms with E-state index in [-0.39, 0.29) is 6.03 Å². The number of amides is 3. The molecule has 0 aromatic rings. The van der Waals surface area contributed by atoms with Crippen LogP contribution < -0.4 is 5.32 Å². The van der Waals surface area contributed by atoms with Crippen LogP contribution in [0.1, 0.15) is 32.1 Å². The van der Waals surface area contributed by atoms with Gasteiger partial charge in [-0.1, -0.05) is 11.6 Å².